The van der Waals surface area contributed by atoms with Crippen LogP contribution in [-0.4, -0.2) is 81.6 Å². The minimum Gasteiger partial charge on any atom is -0.393 e. The van der Waals surface area contributed by atoms with Gasteiger partial charge in [0.1, 0.15) is 25.8 Å². The average Bonchev–Trinajstić information content (AvgIpc) is 3.71. The third-order valence-corrected chi connectivity index (χ3v) is 16.5. The zero-order valence-electron chi connectivity index (χ0n) is 30.6. The fourth-order valence-electron chi connectivity index (χ4n) is 14.4. The van der Waals surface area contributed by atoms with Crippen molar-refractivity contribution in [2.45, 2.75) is 116 Å². The number of fused-ring (bicyclic) bond motifs is 10. The van der Waals surface area contributed by atoms with Gasteiger partial charge in [0.2, 0.25) is 0 Å². The van der Waals surface area contributed by atoms with Gasteiger partial charge in [0.25, 0.3) is 0 Å². The lowest BCUT2D eigenvalue weighted by Gasteiger charge is -2.59. The topological polar surface area (TPSA) is 183 Å². The quantitative estimate of drug-likeness (QED) is 0.295. The normalized spacial score (nSPS) is 47.4. The number of rotatable bonds is 6. The van der Waals surface area contributed by atoms with Crippen LogP contribution in [-0.2, 0) is 28.8 Å². The first-order chi connectivity index (χ1) is 24.7. The monoisotopic (exact) mass is 720 g/mol. The molecule has 0 saturated heterocycles. The lowest BCUT2D eigenvalue weighted by Crippen LogP contribution is -2.58. The lowest BCUT2D eigenvalue weighted by atomic mass is 9.45. The van der Waals surface area contributed by atoms with Gasteiger partial charge in [0, 0.05) is 35.5 Å². The summed E-state index contributed by atoms with van der Waals surface area (Å²) < 4.78 is 0. The van der Waals surface area contributed by atoms with Gasteiger partial charge in [0.15, 0.2) is 23.1 Å². The van der Waals surface area contributed by atoms with E-state index in [4.69, 9.17) is 0 Å². The fourth-order valence-corrected chi connectivity index (χ4v) is 14.4. The van der Waals surface area contributed by atoms with Crippen LogP contribution < -0.4 is 0 Å². The highest BCUT2D eigenvalue weighted by molar-refractivity contribution is 5.92. The van der Waals surface area contributed by atoms with Crippen LogP contribution >= 0.6 is 0 Å². The molecule has 10 nitrogen and oxygen atoms in total. The summed E-state index contributed by atoms with van der Waals surface area (Å²) in [5.41, 5.74) is 0.280. The smallest absolute Gasteiger partial charge is 0.162 e. The number of ketones is 4. The molecule has 0 aromatic rings. The van der Waals surface area contributed by atoms with E-state index in [9.17, 15) is 49.2 Å². The maximum atomic E-state index is 12.3. The first-order valence-corrected chi connectivity index (χ1v) is 19.8. The number of hydrogen-bond donors (Lipinski definition) is 4. The molecular weight excluding hydrogens is 664 g/mol. The van der Waals surface area contributed by atoms with Crippen LogP contribution in [0.1, 0.15) is 104 Å². The molecule has 0 spiro atoms. The molecular formula is C42H56O10. The Hall–Kier alpha value is -2.66. The number of aliphatic hydroxyl groups excluding tert-OH is 4. The summed E-state index contributed by atoms with van der Waals surface area (Å²) in [6, 6.07) is 0. The highest BCUT2D eigenvalue weighted by atomic mass is 16.3. The molecule has 8 rings (SSSR count). The third kappa shape index (κ3) is 5.39. The van der Waals surface area contributed by atoms with Crippen molar-refractivity contribution in [3.05, 3.63) is 23.3 Å². The van der Waals surface area contributed by atoms with Gasteiger partial charge in [0.05, 0.1) is 12.2 Å². The first-order valence-electron chi connectivity index (χ1n) is 19.8. The lowest BCUT2D eigenvalue weighted by molar-refractivity contribution is -0.157. The summed E-state index contributed by atoms with van der Waals surface area (Å²) in [4.78, 5) is 72.8. The largest absolute Gasteiger partial charge is 0.393 e. The summed E-state index contributed by atoms with van der Waals surface area (Å²) in [6.07, 6.45) is 13.5. The van der Waals surface area contributed by atoms with Gasteiger partial charge in [-0.2, -0.15) is 0 Å². The Bertz CT molecular complexity index is 1480. The average molecular weight is 721 g/mol. The van der Waals surface area contributed by atoms with Crippen molar-refractivity contribution in [1.29, 1.82) is 0 Å². The Morgan fingerprint density at radius 1 is 0.654 bits per heavy atom. The van der Waals surface area contributed by atoms with E-state index in [-0.39, 0.29) is 69.5 Å². The molecule has 0 aliphatic heterocycles. The number of allylic oxidation sites excluding steroid dienone is 2. The van der Waals surface area contributed by atoms with E-state index in [1.165, 1.54) is 0 Å². The van der Waals surface area contributed by atoms with Crippen molar-refractivity contribution in [3.63, 3.8) is 0 Å². The van der Waals surface area contributed by atoms with Crippen molar-refractivity contribution in [2.24, 2.45) is 69.0 Å². The summed E-state index contributed by atoms with van der Waals surface area (Å²) >= 11 is 0. The highest BCUT2D eigenvalue weighted by Gasteiger charge is 2.66. The first kappa shape index (κ1) is 37.6. The second kappa shape index (κ2) is 13.6. The van der Waals surface area contributed by atoms with E-state index < -0.39 is 48.1 Å². The zero-order valence-corrected chi connectivity index (χ0v) is 30.6. The number of aliphatic hydroxyl groups is 4. The van der Waals surface area contributed by atoms with E-state index in [0.29, 0.717) is 38.5 Å². The van der Waals surface area contributed by atoms with E-state index in [1.54, 1.807) is 12.2 Å². The van der Waals surface area contributed by atoms with Crippen molar-refractivity contribution < 1.29 is 49.2 Å². The van der Waals surface area contributed by atoms with E-state index >= 15 is 0 Å². The van der Waals surface area contributed by atoms with E-state index in [2.05, 4.69) is 13.8 Å². The van der Waals surface area contributed by atoms with Crippen molar-refractivity contribution in [1.82, 2.24) is 0 Å². The van der Waals surface area contributed by atoms with Gasteiger partial charge >= 0.3 is 0 Å². The minimum atomic E-state index is -0.831. The van der Waals surface area contributed by atoms with Gasteiger partial charge in [-0.1, -0.05) is 25.0 Å². The Labute approximate surface area is 305 Å². The molecule has 4 N–H and O–H groups in total. The minimum absolute atomic E-state index is 0.0386. The van der Waals surface area contributed by atoms with Crippen LogP contribution in [0.3, 0.4) is 0 Å². The van der Waals surface area contributed by atoms with Crippen LogP contribution in [0.25, 0.3) is 0 Å². The maximum absolute atomic E-state index is 12.3. The van der Waals surface area contributed by atoms with Crippen molar-refractivity contribution >= 4 is 35.7 Å². The summed E-state index contributed by atoms with van der Waals surface area (Å²) in [7, 11) is 0. The molecule has 0 radical (unpaired) electrons. The Balaban J connectivity index is 0.000000162. The maximum Gasteiger partial charge on any atom is 0.162 e. The Morgan fingerprint density at radius 3 is 1.38 bits per heavy atom. The number of aldehydes is 2. The van der Waals surface area contributed by atoms with Crippen LogP contribution in [0.4, 0.5) is 0 Å². The van der Waals surface area contributed by atoms with Crippen molar-refractivity contribution in [3.8, 4) is 0 Å². The molecule has 6 saturated carbocycles. The fraction of sp³-hybridized carbons (Fsp3) is 0.762. The molecule has 0 aromatic carbocycles. The van der Waals surface area contributed by atoms with Gasteiger partial charge in [-0.25, -0.2) is 0 Å². The number of carbonyl (C=O) groups is 6. The van der Waals surface area contributed by atoms with Crippen LogP contribution in [0.2, 0.25) is 0 Å². The van der Waals surface area contributed by atoms with Crippen molar-refractivity contribution in [2.75, 3.05) is 13.2 Å². The predicted octanol–water partition coefficient (Wildman–Crippen LogP) is 3.69. The standard InChI is InChI=1S/2C21H28O5/c2*1-20-7-6-13(24)8-12(20)2-3-14-15-4-5-16(18(26)10-22)21(15,11-23)9-17(25)19(14)20/h2*8,11,14-17,19,22,25H,2-7,9-10H2,1H3/t2*14-,15-,16+,17-,19+,20-,21+/m00/s1. The SMILES string of the molecule is C[C@]12CCC(=O)C=C1CC[C@@H]1[C@@H]2[C@@H](O)C[C@]2(C=O)[C@@H](C(=O)CO)CC[C@@H]12.C[C@]12CCC(=O)C=C1CC[C@@H]1[C@@H]2[C@@H](O)C[C@]2(C=O)[C@@H](C(=O)CO)CC[C@@H]12. The van der Waals surface area contributed by atoms with Gasteiger partial charge in [-0.3, -0.25) is 19.2 Å². The Morgan fingerprint density at radius 2 is 1.04 bits per heavy atom. The second-order valence-electron chi connectivity index (χ2n) is 18.3. The molecule has 10 heteroatoms. The van der Waals surface area contributed by atoms with E-state index in [0.717, 1.165) is 75.1 Å². The molecule has 52 heavy (non-hydrogen) atoms. The summed E-state index contributed by atoms with van der Waals surface area (Å²) in [6.45, 7) is 3.27. The molecule has 0 heterocycles. The zero-order chi connectivity index (χ0) is 37.4. The summed E-state index contributed by atoms with van der Waals surface area (Å²) in [5.74, 6) is -0.482. The number of hydrogen-bond acceptors (Lipinski definition) is 10. The molecule has 0 amide bonds. The van der Waals surface area contributed by atoms with Gasteiger partial charge in [-0.05, 0) is 136 Å². The molecule has 0 unspecified atom stereocenters. The molecule has 284 valence electrons. The molecule has 14 atom stereocenters. The highest BCUT2D eigenvalue weighted by Crippen LogP contribution is 2.68. The summed E-state index contributed by atoms with van der Waals surface area (Å²) in [5, 5.41) is 41.0. The van der Waals surface area contributed by atoms with Crippen LogP contribution in [0.15, 0.2) is 23.3 Å². The van der Waals surface area contributed by atoms with E-state index in [1.807, 2.05) is 0 Å². The number of Topliss-reactive ketones (excluding diaryl/α,β-unsaturated/α-hetero) is 2. The molecule has 6 fully saturated rings. The number of carbonyl (C=O) groups excluding carboxylic acids is 6. The van der Waals surface area contributed by atoms with Gasteiger partial charge in [-0.15, -0.1) is 0 Å². The van der Waals surface area contributed by atoms with Gasteiger partial charge < -0.3 is 30.0 Å². The predicted molar refractivity (Wildman–Crippen MR) is 188 cm³/mol. The van der Waals surface area contributed by atoms with Crippen LogP contribution in [0.5, 0.6) is 0 Å². The second-order valence-corrected chi connectivity index (χ2v) is 18.3. The molecule has 8 aliphatic rings. The third-order valence-electron chi connectivity index (χ3n) is 16.5. The van der Waals surface area contributed by atoms with Crippen LogP contribution in [0, 0.1) is 69.0 Å². The Kier molecular flexibility index (Phi) is 9.83. The molecule has 8 aliphatic carbocycles. The molecule has 0 aromatic heterocycles. The molecule has 0 bridgehead atoms.